The molecule has 0 radical (unpaired) electrons. The molecule has 1 N–H and O–H groups in total. The zero-order valence-corrected chi connectivity index (χ0v) is 13.8. The van der Waals surface area contributed by atoms with Crippen LogP contribution in [0.25, 0.3) is 11.1 Å². The molecule has 23 heavy (non-hydrogen) atoms. The number of halogens is 1. The molecular formula is C19H19FO2S. The molecule has 1 aliphatic carbocycles. The van der Waals surface area contributed by atoms with E-state index in [0.29, 0.717) is 0 Å². The predicted octanol–water partition coefficient (Wildman–Crippen LogP) is 4.95. The summed E-state index contributed by atoms with van der Waals surface area (Å²) in [5, 5.41) is 0. The van der Waals surface area contributed by atoms with Crippen molar-refractivity contribution in [3.05, 3.63) is 70.5 Å². The molecule has 120 valence electrons. The van der Waals surface area contributed by atoms with Crippen LogP contribution in [-0.4, -0.2) is 8.76 Å². The van der Waals surface area contributed by atoms with Crippen LogP contribution < -0.4 is 0 Å². The number of benzene rings is 2. The summed E-state index contributed by atoms with van der Waals surface area (Å²) in [5.41, 5.74) is 6.05. The number of hydrogen-bond acceptors (Lipinski definition) is 1. The van der Waals surface area contributed by atoms with Crippen molar-refractivity contribution >= 4 is 22.2 Å². The highest BCUT2D eigenvalue weighted by molar-refractivity contribution is 7.78. The van der Waals surface area contributed by atoms with Crippen molar-refractivity contribution in [2.24, 2.45) is 0 Å². The first-order chi connectivity index (χ1) is 11.0. The van der Waals surface area contributed by atoms with Crippen molar-refractivity contribution in [2.45, 2.75) is 31.9 Å². The molecule has 0 aromatic heterocycles. The van der Waals surface area contributed by atoms with Crippen molar-refractivity contribution in [2.75, 3.05) is 0 Å². The maximum Gasteiger partial charge on any atom is 0.157 e. The van der Waals surface area contributed by atoms with Crippen LogP contribution in [0.5, 0.6) is 0 Å². The summed E-state index contributed by atoms with van der Waals surface area (Å²) in [6.07, 6.45) is 3.01. The van der Waals surface area contributed by atoms with E-state index in [4.69, 9.17) is 4.55 Å². The zero-order valence-electron chi connectivity index (χ0n) is 13.0. The van der Waals surface area contributed by atoms with Crippen LogP contribution in [0.15, 0.2) is 42.5 Å². The summed E-state index contributed by atoms with van der Waals surface area (Å²) >= 11 is -2.03. The lowest BCUT2D eigenvalue weighted by molar-refractivity contribution is 0.559. The van der Waals surface area contributed by atoms with Gasteiger partial charge in [-0.3, -0.25) is 0 Å². The first-order valence-electron chi connectivity index (χ1n) is 7.70. The van der Waals surface area contributed by atoms with Gasteiger partial charge in [-0.2, -0.15) is 0 Å². The Morgan fingerprint density at radius 2 is 1.65 bits per heavy atom. The van der Waals surface area contributed by atoms with E-state index < -0.39 is 16.9 Å². The Bertz CT molecular complexity index is 778. The average Bonchev–Trinajstić information content (AvgIpc) is 2.99. The smallest absolute Gasteiger partial charge is 0.157 e. The lowest BCUT2D eigenvalue weighted by Crippen LogP contribution is -1.98. The van der Waals surface area contributed by atoms with Crippen LogP contribution in [0.3, 0.4) is 0 Å². The molecule has 2 aromatic carbocycles. The third-order valence-corrected chi connectivity index (χ3v) is 4.86. The Balaban J connectivity index is 1.98. The van der Waals surface area contributed by atoms with Gasteiger partial charge in [0.15, 0.2) is 11.1 Å². The van der Waals surface area contributed by atoms with Crippen molar-refractivity contribution in [1.82, 2.24) is 0 Å². The third-order valence-electron chi connectivity index (χ3n) is 4.30. The minimum Gasteiger partial charge on any atom is -0.306 e. The topological polar surface area (TPSA) is 37.3 Å². The van der Waals surface area contributed by atoms with Gasteiger partial charge in [-0.05, 0) is 54.5 Å². The van der Waals surface area contributed by atoms with Gasteiger partial charge in [-0.1, -0.05) is 42.0 Å². The normalized spacial score (nSPS) is 16.0. The summed E-state index contributed by atoms with van der Waals surface area (Å²) in [7, 11) is 0. The first-order valence-corrected chi connectivity index (χ1v) is 8.97. The van der Waals surface area contributed by atoms with Gasteiger partial charge in [-0.15, -0.1) is 0 Å². The van der Waals surface area contributed by atoms with Gasteiger partial charge in [0.2, 0.25) is 0 Å². The predicted molar refractivity (Wildman–Crippen MR) is 92.7 cm³/mol. The van der Waals surface area contributed by atoms with Gasteiger partial charge in [0.1, 0.15) is 5.82 Å². The molecule has 1 aliphatic rings. The molecule has 0 saturated carbocycles. The van der Waals surface area contributed by atoms with Gasteiger partial charge in [0, 0.05) is 5.56 Å². The van der Waals surface area contributed by atoms with Gasteiger partial charge >= 0.3 is 0 Å². The van der Waals surface area contributed by atoms with Crippen LogP contribution in [0.2, 0.25) is 0 Å². The van der Waals surface area contributed by atoms with Crippen molar-refractivity contribution < 1.29 is 13.2 Å². The van der Waals surface area contributed by atoms with Gasteiger partial charge in [-0.25, -0.2) is 8.60 Å². The lowest BCUT2D eigenvalue weighted by atomic mass is 9.96. The van der Waals surface area contributed by atoms with E-state index in [0.717, 1.165) is 24.8 Å². The summed E-state index contributed by atoms with van der Waals surface area (Å²) in [4.78, 5) is 0. The van der Waals surface area contributed by atoms with E-state index in [1.165, 1.54) is 28.3 Å². The Labute approximate surface area is 138 Å². The fraction of sp³-hybridized carbons (Fsp3) is 0.263. The van der Waals surface area contributed by atoms with Gasteiger partial charge in [0.05, 0.1) is 5.75 Å². The lowest BCUT2D eigenvalue weighted by Gasteiger charge is -2.10. The second-order valence-corrected chi connectivity index (χ2v) is 6.88. The molecule has 0 heterocycles. The van der Waals surface area contributed by atoms with Gasteiger partial charge in [0.25, 0.3) is 0 Å². The van der Waals surface area contributed by atoms with Crippen LogP contribution in [0.1, 0.15) is 41.5 Å². The van der Waals surface area contributed by atoms with Crippen LogP contribution in [0, 0.1) is 12.7 Å². The number of allylic oxidation sites excluding steroid dienone is 2. The van der Waals surface area contributed by atoms with Crippen LogP contribution >= 0.6 is 0 Å². The molecule has 0 spiro atoms. The number of rotatable bonds is 4. The molecular weight excluding hydrogens is 311 g/mol. The Hall–Kier alpha value is -1.78. The molecule has 4 heteroatoms. The van der Waals surface area contributed by atoms with Crippen LogP contribution in [0.4, 0.5) is 4.39 Å². The van der Waals surface area contributed by atoms with E-state index >= 15 is 0 Å². The molecule has 0 fully saturated rings. The number of hydrogen-bond donors (Lipinski definition) is 1. The van der Waals surface area contributed by atoms with Gasteiger partial charge < -0.3 is 4.55 Å². The van der Waals surface area contributed by atoms with E-state index in [1.807, 2.05) is 6.07 Å². The fourth-order valence-corrected chi connectivity index (χ4v) is 3.62. The Morgan fingerprint density at radius 1 is 1.04 bits per heavy atom. The molecule has 1 atom stereocenters. The molecule has 2 aromatic rings. The summed E-state index contributed by atoms with van der Waals surface area (Å²) < 4.78 is 34.0. The van der Waals surface area contributed by atoms with E-state index in [1.54, 1.807) is 6.07 Å². The van der Waals surface area contributed by atoms with Crippen molar-refractivity contribution in [3.63, 3.8) is 0 Å². The quantitative estimate of drug-likeness (QED) is 0.805. The standard InChI is InChI=1S/C19H19FO2S/c1-13-5-7-14(8-6-13)17-3-2-4-18(17)15-9-10-16(12-23(21)22)19(20)11-15/h5-11H,2-4,12H2,1H3,(H,21,22). The maximum atomic E-state index is 14.2. The number of aryl methyl sites for hydroxylation is 1. The van der Waals surface area contributed by atoms with Crippen LogP contribution in [-0.2, 0) is 16.8 Å². The SMILES string of the molecule is Cc1ccc(C2=C(c3ccc(CS(=O)O)c(F)c3)CCC2)cc1. The third kappa shape index (κ3) is 3.59. The van der Waals surface area contributed by atoms with E-state index in [-0.39, 0.29) is 11.3 Å². The highest BCUT2D eigenvalue weighted by Gasteiger charge is 2.18. The Morgan fingerprint density at radius 3 is 2.26 bits per heavy atom. The summed E-state index contributed by atoms with van der Waals surface area (Å²) in [6, 6.07) is 13.4. The van der Waals surface area contributed by atoms with E-state index in [2.05, 4.69) is 31.2 Å². The molecule has 0 bridgehead atoms. The summed E-state index contributed by atoms with van der Waals surface area (Å²) in [5.74, 6) is -0.580. The second kappa shape index (κ2) is 6.77. The van der Waals surface area contributed by atoms with Crippen molar-refractivity contribution in [1.29, 1.82) is 0 Å². The summed E-state index contributed by atoms with van der Waals surface area (Å²) in [6.45, 7) is 2.06. The molecule has 0 aliphatic heterocycles. The molecule has 1 unspecified atom stereocenters. The largest absolute Gasteiger partial charge is 0.306 e. The highest BCUT2D eigenvalue weighted by atomic mass is 32.2. The maximum absolute atomic E-state index is 14.2. The fourth-order valence-electron chi connectivity index (χ4n) is 3.12. The first kappa shape index (κ1) is 16.1. The highest BCUT2D eigenvalue weighted by Crippen LogP contribution is 2.40. The zero-order chi connectivity index (χ0) is 16.4. The molecule has 3 rings (SSSR count). The average molecular weight is 330 g/mol. The second-order valence-electron chi connectivity index (χ2n) is 5.95. The minimum atomic E-state index is -2.03. The molecule has 0 saturated heterocycles. The molecule has 2 nitrogen and oxygen atoms in total. The van der Waals surface area contributed by atoms with Crippen molar-refractivity contribution in [3.8, 4) is 0 Å². The Kier molecular flexibility index (Phi) is 4.74. The van der Waals surface area contributed by atoms with E-state index in [9.17, 15) is 8.60 Å². The minimum absolute atomic E-state index is 0.171. The molecule has 0 amide bonds. The monoisotopic (exact) mass is 330 g/mol.